The van der Waals surface area contributed by atoms with Crippen molar-refractivity contribution in [2.24, 2.45) is 10.1 Å². The van der Waals surface area contributed by atoms with E-state index in [0.717, 1.165) is 22.0 Å². The topological polar surface area (TPSA) is 72.1 Å². The SMILES string of the molecule is CN1/C(=C/C=C2/C(=N)N3N=C(C(F)(F)F)SC3=NC2=O)C(C)(C)c2ccccc21. The van der Waals surface area contributed by atoms with Crippen LogP contribution in [0.15, 0.2) is 57.8 Å². The van der Waals surface area contributed by atoms with Crippen LogP contribution in [0.3, 0.4) is 0 Å². The van der Waals surface area contributed by atoms with Gasteiger partial charge < -0.3 is 4.90 Å². The van der Waals surface area contributed by atoms with Crippen molar-refractivity contribution in [3.05, 3.63) is 53.3 Å². The average molecular weight is 419 g/mol. The number of rotatable bonds is 1. The highest BCUT2D eigenvalue weighted by molar-refractivity contribution is 8.27. The third-order valence-corrected chi connectivity index (χ3v) is 6.00. The van der Waals surface area contributed by atoms with Gasteiger partial charge in [-0.25, -0.2) is 0 Å². The van der Waals surface area contributed by atoms with Crippen LogP contribution >= 0.6 is 11.8 Å². The Morgan fingerprint density at radius 1 is 1.21 bits per heavy atom. The van der Waals surface area contributed by atoms with E-state index in [4.69, 9.17) is 5.41 Å². The molecule has 1 aromatic rings. The van der Waals surface area contributed by atoms with Gasteiger partial charge in [0.05, 0.1) is 5.57 Å². The lowest BCUT2D eigenvalue weighted by atomic mass is 9.83. The van der Waals surface area contributed by atoms with Gasteiger partial charge in [0.2, 0.25) is 10.2 Å². The normalized spacial score (nSPS) is 23.5. The summed E-state index contributed by atoms with van der Waals surface area (Å²) >= 11 is 0.235. The van der Waals surface area contributed by atoms with Crippen molar-refractivity contribution in [2.45, 2.75) is 25.4 Å². The number of thioether (sulfide) groups is 1. The van der Waals surface area contributed by atoms with Crippen molar-refractivity contribution < 1.29 is 18.0 Å². The summed E-state index contributed by atoms with van der Waals surface area (Å²) in [4.78, 5) is 18.0. The molecule has 29 heavy (non-hydrogen) atoms. The van der Waals surface area contributed by atoms with Gasteiger partial charge in [-0.2, -0.15) is 28.3 Å². The number of nitrogens with zero attached hydrogens (tertiary/aromatic N) is 4. The molecule has 3 aliphatic heterocycles. The van der Waals surface area contributed by atoms with Crippen LogP contribution in [0.5, 0.6) is 0 Å². The number of hydrogen-bond acceptors (Lipinski definition) is 5. The highest BCUT2D eigenvalue weighted by atomic mass is 32.2. The van der Waals surface area contributed by atoms with Crippen LogP contribution in [-0.2, 0) is 10.2 Å². The number of amidine groups is 2. The van der Waals surface area contributed by atoms with Gasteiger partial charge in [0, 0.05) is 23.8 Å². The van der Waals surface area contributed by atoms with Crippen LogP contribution in [-0.4, -0.2) is 40.2 Å². The number of hydrazone groups is 1. The Morgan fingerprint density at radius 3 is 2.55 bits per heavy atom. The van der Waals surface area contributed by atoms with Gasteiger partial charge in [0.1, 0.15) is 0 Å². The molecular formula is C19H16F3N5OS. The Morgan fingerprint density at radius 2 is 1.90 bits per heavy atom. The Bertz CT molecular complexity index is 1070. The Kier molecular flexibility index (Phi) is 4.23. The number of carbonyl (C=O) groups excluding carboxylic acids is 1. The Labute approximate surface area is 169 Å². The summed E-state index contributed by atoms with van der Waals surface area (Å²) in [7, 11) is 1.90. The summed E-state index contributed by atoms with van der Waals surface area (Å²) < 4.78 is 38.7. The van der Waals surface area contributed by atoms with Gasteiger partial charge in [0.25, 0.3) is 5.91 Å². The van der Waals surface area contributed by atoms with Crippen LogP contribution in [0, 0.1) is 5.41 Å². The predicted octanol–water partition coefficient (Wildman–Crippen LogP) is 4.02. The summed E-state index contributed by atoms with van der Waals surface area (Å²) in [5, 5.41) is 10.9. The van der Waals surface area contributed by atoms with Crippen molar-refractivity contribution in [3.63, 3.8) is 0 Å². The maximum atomic E-state index is 12.9. The van der Waals surface area contributed by atoms with Gasteiger partial charge in [-0.1, -0.05) is 32.0 Å². The van der Waals surface area contributed by atoms with Crippen molar-refractivity contribution >= 4 is 39.4 Å². The maximum Gasteiger partial charge on any atom is 0.441 e. The first-order chi connectivity index (χ1) is 13.5. The largest absolute Gasteiger partial charge is 0.441 e. The summed E-state index contributed by atoms with van der Waals surface area (Å²) in [6, 6.07) is 7.90. The van der Waals surface area contributed by atoms with E-state index < -0.39 is 23.0 Å². The molecule has 1 N–H and O–H groups in total. The van der Waals surface area contributed by atoms with Crippen molar-refractivity contribution in [3.8, 4) is 0 Å². The molecule has 150 valence electrons. The second-order valence-electron chi connectivity index (χ2n) is 7.20. The number of likely N-dealkylation sites (N-methyl/N-ethyl adjacent to an activating group) is 1. The number of nitrogens with one attached hydrogen (secondary N) is 1. The second kappa shape index (κ2) is 6.31. The first-order valence-corrected chi connectivity index (χ1v) is 9.45. The molecule has 3 aliphatic rings. The van der Waals surface area contributed by atoms with E-state index >= 15 is 0 Å². The number of fused-ring (bicyclic) bond motifs is 2. The molecule has 0 aromatic heterocycles. The maximum absolute atomic E-state index is 12.9. The zero-order valence-electron chi connectivity index (χ0n) is 15.7. The van der Waals surface area contributed by atoms with E-state index in [1.807, 2.05) is 50.1 Å². The zero-order valence-corrected chi connectivity index (χ0v) is 16.5. The highest BCUT2D eigenvalue weighted by Crippen LogP contribution is 2.46. The molecule has 1 amide bonds. The summed E-state index contributed by atoms with van der Waals surface area (Å²) in [5.74, 6) is -1.19. The first kappa shape index (κ1) is 19.4. The minimum atomic E-state index is -4.66. The van der Waals surface area contributed by atoms with E-state index in [1.165, 1.54) is 6.08 Å². The van der Waals surface area contributed by atoms with Crippen LogP contribution < -0.4 is 4.90 Å². The number of amides is 1. The fraction of sp³-hybridized carbons (Fsp3) is 0.263. The van der Waals surface area contributed by atoms with Crippen molar-refractivity contribution in [1.29, 1.82) is 5.41 Å². The number of para-hydroxylation sites is 1. The molecule has 4 rings (SSSR count). The third kappa shape index (κ3) is 2.98. The minimum absolute atomic E-state index is 0.116. The molecule has 0 spiro atoms. The number of anilines is 1. The van der Waals surface area contributed by atoms with E-state index in [2.05, 4.69) is 10.1 Å². The fourth-order valence-corrected chi connectivity index (χ4v) is 4.35. The van der Waals surface area contributed by atoms with E-state index in [-0.39, 0.29) is 27.9 Å². The van der Waals surface area contributed by atoms with Gasteiger partial charge in [-0.3, -0.25) is 10.2 Å². The molecule has 0 fully saturated rings. The Hall–Kier alpha value is -2.88. The highest BCUT2D eigenvalue weighted by Gasteiger charge is 2.46. The molecule has 6 nitrogen and oxygen atoms in total. The van der Waals surface area contributed by atoms with Crippen LogP contribution in [0.1, 0.15) is 19.4 Å². The molecule has 1 aromatic carbocycles. The fourth-order valence-electron chi connectivity index (χ4n) is 3.59. The zero-order chi connectivity index (χ0) is 21.1. The number of benzene rings is 1. The van der Waals surface area contributed by atoms with Crippen LogP contribution in [0.4, 0.5) is 18.9 Å². The van der Waals surface area contributed by atoms with Crippen molar-refractivity contribution in [2.75, 3.05) is 11.9 Å². The minimum Gasteiger partial charge on any atom is -0.347 e. The number of halogens is 3. The number of allylic oxidation sites excluding steroid dienone is 3. The number of aliphatic imine (C=N–C) groups is 1. The average Bonchev–Trinajstić information content (AvgIpc) is 3.15. The smallest absolute Gasteiger partial charge is 0.347 e. The molecule has 0 bridgehead atoms. The lowest BCUT2D eigenvalue weighted by molar-refractivity contribution is -0.114. The van der Waals surface area contributed by atoms with Gasteiger partial charge in [-0.05, 0) is 35.5 Å². The number of hydrogen-bond donors (Lipinski definition) is 1. The van der Waals surface area contributed by atoms with Crippen LogP contribution in [0.25, 0.3) is 0 Å². The molecule has 0 radical (unpaired) electrons. The quantitative estimate of drug-likeness (QED) is 0.698. The lowest BCUT2D eigenvalue weighted by Gasteiger charge is -2.24. The summed E-state index contributed by atoms with van der Waals surface area (Å²) in [6.45, 7) is 4.09. The van der Waals surface area contributed by atoms with E-state index in [0.29, 0.717) is 0 Å². The number of alkyl halides is 3. The first-order valence-electron chi connectivity index (χ1n) is 8.63. The molecule has 10 heteroatoms. The summed E-state index contributed by atoms with van der Waals surface area (Å²) in [5.41, 5.74) is 2.57. The van der Waals surface area contributed by atoms with Crippen molar-refractivity contribution in [1.82, 2.24) is 5.01 Å². The van der Waals surface area contributed by atoms with Gasteiger partial charge >= 0.3 is 6.18 Å². The third-order valence-electron chi connectivity index (χ3n) is 5.05. The molecule has 0 saturated carbocycles. The molecule has 0 unspecified atom stereocenters. The summed E-state index contributed by atoms with van der Waals surface area (Å²) in [6.07, 6.45) is -1.53. The molecule has 0 atom stereocenters. The predicted molar refractivity (Wildman–Crippen MR) is 107 cm³/mol. The van der Waals surface area contributed by atoms with E-state index in [1.54, 1.807) is 6.08 Å². The lowest BCUT2D eigenvalue weighted by Crippen LogP contribution is -2.35. The standard InChI is InChI=1S/C19H16F3N5OS/c1-18(2)11-6-4-5-7-12(11)26(3)13(18)9-8-10-14(23)27-17(24-15(10)28)29-16(25-27)19(20,21)22/h4-9,23H,1-3H3/b10-8-,13-9+,23-14?. The van der Waals surface area contributed by atoms with E-state index in [9.17, 15) is 18.0 Å². The second-order valence-corrected chi connectivity index (χ2v) is 8.15. The van der Waals surface area contributed by atoms with Crippen LogP contribution in [0.2, 0.25) is 0 Å². The monoisotopic (exact) mass is 419 g/mol. The molecular weight excluding hydrogens is 403 g/mol. The van der Waals surface area contributed by atoms with Gasteiger partial charge in [-0.15, -0.1) is 0 Å². The molecule has 3 heterocycles. The number of carbonyl (C=O) groups is 1. The molecule has 0 aliphatic carbocycles. The Balaban J connectivity index is 1.71. The molecule has 0 saturated heterocycles. The van der Waals surface area contributed by atoms with Gasteiger partial charge in [0.15, 0.2) is 5.84 Å².